The molecule has 0 aliphatic rings. The number of anilines is 3. The van der Waals surface area contributed by atoms with Crippen LogP contribution in [0.4, 0.5) is 17.3 Å². The first-order chi connectivity index (χ1) is 16.6. The third-order valence-corrected chi connectivity index (χ3v) is 8.84. The van der Waals surface area contributed by atoms with E-state index < -0.39 is 10.0 Å². The zero-order valence-corrected chi connectivity index (χ0v) is 23.7. The lowest BCUT2D eigenvalue weighted by Crippen LogP contribution is -2.30. The largest absolute Gasteiger partial charge is 0.504 e. The number of hydrogen-bond acceptors (Lipinski definition) is 10. The van der Waals surface area contributed by atoms with E-state index in [0.29, 0.717) is 41.8 Å². The fourth-order valence-corrected chi connectivity index (χ4v) is 6.51. The van der Waals surface area contributed by atoms with Gasteiger partial charge in [-0.25, -0.2) is 8.42 Å². The summed E-state index contributed by atoms with van der Waals surface area (Å²) in [5.74, 6) is 2.22. The predicted molar refractivity (Wildman–Crippen MR) is 145 cm³/mol. The second kappa shape index (κ2) is 14.1. The molecule has 35 heavy (non-hydrogen) atoms. The highest BCUT2D eigenvalue weighted by Gasteiger charge is 2.30. The Balaban J connectivity index is 0.00000114. The number of terminal acetylenes is 1. The number of aromatic hydroxyl groups is 1. The molecule has 0 fully saturated rings. The number of rotatable bonds is 9. The van der Waals surface area contributed by atoms with Gasteiger partial charge in [-0.05, 0) is 32.4 Å². The Bertz CT molecular complexity index is 1170. The Morgan fingerprint density at radius 1 is 1.09 bits per heavy atom. The van der Waals surface area contributed by atoms with Gasteiger partial charge in [-0.15, -0.1) is 24.2 Å². The minimum Gasteiger partial charge on any atom is -0.504 e. The molecule has 3 aromatic heterocycles. The molecular weight excluding hydrogens is 506 g/mol. The molecule has 0 atom stereocenters. The van der Waals surface area contributed by atoms with Crippen molar-refractivity contribution in [3.63, 3.8) is 0 Å². The van der Waals surface area contributed by atoms with E-state index in [0.717, 1.165) is 40.1 Å². The topological polar surface area (TPSA) is 121 Å². The SMILES string of the molecule is C#C.CCC.CCN(CC)S(=O)(=O)c1sc(C)c(Nc2nsnc2NCc2cc(C)c(C)o2)c1O. The van der Waals surface area contributed by atoms with E-state index in [-0.39, 0.29) is 9.96 Å². The Morgan fingerprint density at radius 2 is 1.66 bits per heavy atom. The van der Waals surface area contributed by atoms with E-state index in [9.17, 15) is 13.5 Å². The normalized spacial score (nSPS) is 10.8. The number of nitrogens with one attached hydrogen (secondary N) is 2. The Hall–Kier alpha value is -2.59. The lowest BCUT2D eigenvalue weighted by atomic mass is 10.3. The second-order valence-corrected chi connectivity index (χ2v) is 11.2. The average Bonchev–Trinajstić information content (AvgIpc) is 3.49. The molecule has 0 spiro atoms. The van der Waals surface area contributed by atoms with E-state index in [4.69, 9.17) is 4.42 Å². The van der Waals surface area contributed by atoms with Crippen molar-refractivity contribution in [2.45, 2.75) is 65.6 Å². The molecule has 0 aromatic carbocycles. The molecule has 9 nitrogen and oxygen atoms in total. The molecule has 0 aliphatic carbocycles. The van der Waals surface area contributed by atoms with Crippen LogP contribution in [0.2, 0.25) is 0 Å². The first kappa shape index (κ1) is 30.4. The summed E-state index contributed by atoms with van der Waals surface area (Å²) in [6.07, 6.45) is 9.25. The lowest BCUT2D eigenvalue weighted by molar-refractivity contribution is 0.434. The van der Waals surface area contributed by atoms with Gasteiger partial charge in [0.1, 0.15) is 11.5 Å². The van der Waals surface area contributed by atoms with Gasteiger partial charge in [-0.1, -0.05) is 34.1 Å². The molecule has 0 aliphatic heterocycles. The van der Waals surface area contributed by atoms with Crippen LogP contribution in [-0.2, 0) is 16.6 Å². The maximum atomic E-state index is 12.8. The third-order valence-electron chi connectivity index (χ3n) is 4.69. The third kappa shape index (κ3) is 7.44. The van der Waals surface area contributed by atoms with Crippen LogP contribution < -0.4 is 10.6 Å². The van der Waals surface area contributed by atoms with Crippen LogP contribution in [0.15, 0.2) is 14.7 Å². The molecule has 0 radical (unpaired) electrons. The minimum atomic E-state index is -3.77. The van der Waals surface area contributed by atoms with Crippen LogP contribution in [0.5, 0.6) is 5.75 Å². The molecule has 0 saturated heterocycles. The Morgan fingerprint density at radius 3 is 2.17 bits per heavy atom. The molecular formula is C23H35N5O4S3. The lowest BCUT2D eigenvalue weighted by Gasteiger charge is -2.17. The summed E-state index contributed by atoms with van der Waals surface area (Å²) in [4.78, 5) is 0.634. The zero-order valence-electron chi connectivity index (χ0n) is 21.3. The summed E-state index contributed by atoms with van der Waals surface area (Å²) in [5, 5.41) is 16.9. The van der Waals surface area contributed by atoms with Crippen molar-refractivity contribution in [2.75, 3.05) is 23.7 Å². The van der Waals surface area contributed by atoms with Gasteiger partial charge < -0.3 is 20.2 Å². The molecule has 3 heterocycles. The van der Waals surface area contributed by atoms with Gasteiger partial charge in [0, 0.05) is 18.0 Å². The van der Waals surface area contributed by atoms with Crippen molar-refractivity contribution in [3.8, 4) is 18.6 Å². The monoisotopic (exact) mass is 541 g/mol. The average molecular weight is 542 g/mol. The summed E-state index contributed by atoms with van der Waals surface area (Å²) in [5.41, 5.74) is 1.38. The molecule has 0 unspecified atom stereocenters. The maximum Gasteiger partial charge on any atom is 0.256 e. The molecule has 12 heteroatoms. The standard InChI is InChI=1S/C18H25N5O4S3.C3H8.C2H2/c1-6-23(7-2)30(25,26)18-15(24)14(12(5)28-18)20-17-16(21-29-22-17)19-9-13-8-10(3)11(4)27-13;1-3-2;1-2/h8,24H,6-7,9H2,1-5H3,(H,19,21)(H,20,22);3H2,1-2H3;1-2H. The molecule has 3 N–H and O–H groups in total. The predicted octanol–water partition coefficient (Wildman–Crippen LogP) is 5.88. The van der Waals surface area contributed by atoms with E-state index in [1.807, 2.05) is 19.9 Å². The van der Waals surface area contributed by atoms with Gasteiger partial charge in [-0.3, -0.25) is 0 Å². The Kier molecular flexibility index (Phi) is 12.3. The van der Waals surface area contributed by atoms with Crippen LogP contribution in [-0.4, -0.2) is 39.7 Å². The summed E-state index contributed by atoms with van der Waals surface area (Å²) in [7, 11) is -3.77. The van der Waals surface area contributed by atoms with Crippen LogP contribution in [0.3, 0.4) is 0 Å². The van der Waals surface area contributed by atoms with Crippen molar-refractivity contribution in [3.05, 3.63) is 28.0 Å². The number of nitrogens with zero attached hydrogens (tertiary/aromatic N) is 3. The number of aryl methyl sites for hydroxylation is 3. The van der Waals surface area contributed by atoms with Crippen molar-refractivity contribution in [1.82, 2.24) is 13.1 Å². The van der Waals surface area contributed by atoms with Gasteiger partial charge in [0.2, 0.25) is 0 Å². The van der Waals surface area contributed by atoms with Crippen LogP contribution in [0, 0.1) is 33.6 Å². The first-order valence-electron chi connectivity index (χ1n) is 11.2. The number of aromatic nitrogens is 2. The second-order valence-electron chi connectivity index (χ2n) is 7.36. The summed E-state index contributed by atoms with van der Waals surface area (Å²) >= 11 is 2.03. The molecule has 0 bridgehead atoms. The Labute approximate surface area is 217 Å². The number of furan rings is 1. The highest BCUT2D eigenvalue weighted by Crippen LogP contribution is 2.44. The highest BCUT2D eigenvalue weighted by atomic mass is 32.2. The molecule has 0 saturated carbocycles. The van der Waals surface area contributed by atoms with Crippen LogP contribution in [0.25, 0.3) is 0 Å². The van der Waals surface area contributed by atoms with E-state index in [2.05, 4.69) is 46.1 Å². The minimum absolute atomic E-state index is 0.0783. The molecule has 0 amide bonds. The van der Waals surface area contributed by atoms with E-state index >= 15 is 0 Å². The fourth-order valence-electron chi connectivity index (χ4n) is 2.92. The molecule has 194 valence electrons. The van der Waals surface area contributed by atoms with Crippen molar-refractivity contribution in [2.24, 2.45) is 0 Å². The van der Waals surface area contributed by atoms with Gasteiger partial charge in [-0.2, -0.15) is 13.1 Å². The summed E-state index contributed by atoms with van der Waals surface area (Å²) in [6, 6.07) is 1.95. The van der Waals surface area contributed by atoms with E-state index in [1.54, 1.807) is 20.8 Å². The molecule has 3 aromatic rings. The number of hydrogen-bond donors (Lipinski definition) is 3. The number of sulfonamides is 1. The van der Waals surface area contributed by atoms with Crippen molar-refractivity contribution in [1.29, 1.82) is 0 Å². The van der Waals surface area contributed by atoms with Crippen molar-refractivity contribution >= 4 is 50.4 Å². The van der Waals surface area contributed by atoms with Gasteiger partial charge in [0.25, 0.3) is 10.0 Å². The van der Waals surface area contributed by atoms with Crippen LogP contribution in [0.1, 0.15) is 56.1 Å². The number of thiophene rings is 1. The van der Waals surface area contributed by atoms with Crippen molar-refractivity contribution < 1.29 is 17.9 Å². The van der Waals surface area contributed by atoms with Crippen LogP contribution >= 0.6 is 23.1 Å². The summed E-state index contributed by atoms with van der Waals surface area (Å²) < 4.78 is 41.0. The fraction of sp³-hybridized carbons (Fsp3) is 0.478. The smallest absolute Gasteiger partial charge is 0.256 e. The van der Waals surface area contributed by atoms with E-state index in [1.165, 1.54) is 10.7 Å². The zero-order chi connectivity index (χ0) is 26.8. The maximum absolute atomic E-state index is 12.8. The quantitative estimate of drug-likeness (QED) is 0.287. The van der Waals surface area contributed by atoms with Gasteiger partial charge in [0.05, 0.1) is 24.0 Å². The van der Waals surface area contributed by atoms with Gasteiger partial charge in [0.15, 0.2) is 21.6 Å². The summed E-state index contributed by atoms with van der Waals surface area (Å²) in [6.45, 7) is 14.5. The van der Waals surface area contributed by atoms with Gasteiger partial charge >= 0.3 is 0 Å². The molecule has 3 rings (SSSR count). The first-order valence-corrected chi connectivity index (χ1v) is 14.1. The highest BCUT2D eigenvalue weighted by molar-refractivity contribution is 7.91.